The molecule has 0 aromatic heterocycles. The van der Waals surface area contributed by atoms with Crippen LogP contribution in [-0.4, -0.2) is 73.8 Å². The standard InChI is InChI=1S/C21H33N3O4S/c1-6-16(3)24(18-10-11-29(27,28)14-18)21(26)13-23(5)12-20(25)22-19-9-7-8-15(2)17(19)4/h7-9,16,18H,6,10-14H2,1-5H3,(H,22,25)/t16-,18-/m0/s1. The zero-order valence-electron chi connectivity index (χ0n) is 18.1. The first-order chi connectivity index (χ1) is 13.5. The van der Waals surface area contributed by atoms with Gasteiger partial charge in [0, 0.05) is 17.8 Å². The Kier molecular flexibility index (Phi) is 7.82. The third kappa shape index (κ3) is 6.27. The number of nitrogens with one attached hydrogen (secondary N) is 1. The molecule has 0 saturated carbocycles. The highest BCUT2D eigenvalue weighted by atomic mass is 32.2. The van der Waals surface area contributed by atoms with Crippen molar-refractivity contribution in [3.8, 4) is 0 Å². The highest BCUT2D eigenvalue weighted by Gasteiger charge is 2.36. The zero-order valence-corrected chi connectivity index (χ0v) is 18.9. The monoisotopic (exact) mass is 423 g/mol. The summed E-state index contributed by atoms with van der Waals surface area (Å²) in [5.74, 6) is -0.165. The molecule has 0 radical (unpaired) electrons. The van der Waals surface area contributed by atoms with E-state index in [0.29, 0.717) is 6.42 Å². The number of anilines is 1. The SMILES string of the molecule is CC[C@H](C)N(C(=O)CN(C)CC(=O)Nc1cccc(C)c1C)[C@H]1CCS(=O)(=O)C1. The lowest BCUT2D eigenvalue weighted by atomic mass is 10.1. The van der Waals surface area contributed by atoms with Crippen molar-refractivity contribution in [3.63, 3.8) is 0 Å². The van der Waals surface area contributed by atoms with Gasteiger partial charge in [0.05, 0.1) is 24.6 Å². The van der Waals surface area contributed by atoms with E-state index in [-0.39, 0.29) is 48.5 Å². The molecule has 0 bridgehead atoms. The molecule has 1 N–H and O–H groups in total. The van der Waals surface area contributed by atoms with Crippen LogP contribution in [0.1, 0.15) is 37.8 Å². The Morgan fingerprint density at radius 3 is 2.52 bits per heavy atom. The van der Waals surface area contributed by atoms with Crippen LogP contribution in [0.2, 0.25) is 0 Å². The van der Waals surface area contributed by atoms with Crippen LogP contribution in [0.15, 0.2) is 18.2 Å². The van der Waals surface area contributed by atoms with Gasteiger partial charge in [-0.3, -0.25) is 14.5 Å². The van der Waals surface area contributed by atoms with Gasteiger partial charge in [0.15, 0.2) is 9.84 Å². The van der Waals surface area contributed by atoms with Gasteiger partial charge in [0.2, 0.25) is 11.8 Å². The molecular weight excluding hydrogens is 390 g/mol. The second-order valence-electron chi connectivity index (χ2n) is 8.08. The smallest absolute Gasteiger partial charge is 0.238 e. The van der Waals surface area contributed by atoms with Gasteiger partial charge < -0.3 is 10.2 Å². The molecule has 1 aromatic carbocycles. The molecule has 1 fully saturated rings. The van der Waals surface area contributed by atoms with Gasteiger partial charge in [-0.05, 0) is 57.9 Å². The summed E-state index contributed by atoms with van der Waals surface area (Å²) in [5.41, 5.74) is 2.89. The van der Waals surface area contributed by atoms with Crippen molar-refractivity contribution < 1.29 is 18.0 Å². The Morgan fingerprint density at radius 1 is 1.24 bits per heavy atom. The number of hydrogen-bond acceptors (Lipinski definition) is 5. The van der Waals surface area contributed by atoms with E-state index in [2.05, 4.69) is 5.32 Å². The summed E-state index contributed by atoms with van der Waals surface area (Å²) in [5, 5.41) is 2.90. The molecule has 0 spiro atoms. The Morgan fingerprint density at radius 2 is 1.93 bits per heavy atom. The topological polar surface area (TPSA) is 86.8 Å². The molecular formula is C21H33N3O4S. The predicted octanol–water partition coefficient (Wildman–Crippen LogP) is 1.99. The van der Waals surface area contributed by atoms with Gasteiger partial charge in [0.25, 0.3) is 0 Å². The number of rotatable bonds is 8. The highest BCUT2D eigenvalue weighted by Crippen LogP contribution is 2.22. The number of carbonyl (C=O) groups excluding carboxylic acids is 2. The molecule has 1 heterocycles. The van der Waals surface area contributed by atoms with E-state index in [9.17, 15) is 18.0 Å². The zero-order chi connectivity index (χ0) is 21.8. The third-order valence-electron chi connectivity index (χ3n) is 5.65. The number of sulfone groups is 1. The van der Waals surface area contributed by atoms with Crippen LogP contribution in [0.25, 0.3) is 0 Å². The van der Waals surface area contributed by atoms with Crippen LogP contribution in [0.4, 0.5) is 5.69 Å². The van der Waals surface area contributed by atoms with Gasteiger partial charge in [-0.15, -0.1) is 0 Å². The minimum Gasteiger partial charge on any atom is -0.335 e. The van der Waals surface area contributed by atoms with Crippen LogP contribution < -0.4 is 5.32 Å². The van der Waals surface area contributed by atoms with E-state index in [1.807, 2.05) is 45.9 Å². The van der Waals surface area contributed by atoms with E-state index in [0.717, 1.165) is 23.2 Å². The summed E-state index contributed by atoms with van der Waals surface area (Å²) in [6.07, 6.45) is 1.23. The lowest BCUT2D eigenvalue weighted by molar-refractivity contribution is -0.136. The normalized spacial score (nSPS) is 19.2. The van der Waals surface area contributed by atoms with Gasteiger partial charge in [-0.2, -0.15) is 0 Å². The average molecular weight is 424 g/mol. The molecule has 1 aliphatic heterocycles. The van der Waals surface area contributed by atoms with Crippen molar-refractivity contribution >= 4 is 27.3 Å². The molecule has 29 heavy (non-hydrogen) atoms. The fourth-order valence-corrected chi connectivity index (χ4v) is 5.40. The van der Waals surface area contributed by atoms with Crippen molar-refractivity contribution in [2.24, 2.45) is 0 Å². The fourth-order valence-electron chi connectivity index (χ4n) is 3.69. The molecule has 2 atom stereocenters. The summed E-state index contributed by atoms with van der Waals surface area (Å²) < 4.78 is 23.7. The summed E-state index contributed by atoms with van der Waals surface area (Å²) in [4.78, 5) is 28.7. The summed E-state index contributed by atoms with van der Waals surface area (Å²) in [7, 11) is -1.35. The molecule has 2 rings (SSSR count). The first-order valence-corrected chi connectivity index (χ1v) is 11.9. The van der Waals surface area contributed by atoms with Gasteiger partial charge >= 0.3 is 0 Å². The first kappa shape index (κ1) is 23.3. The number of likely N-dealkylation sites (N-methyl/N-ethyl adjacent to an activating group) is 1. The van der Waals surface area contributed by atoms with Crippen molar-refractivity contribution in [3.05, 3.63) is 29.3 Å². The second kappa shape index (κ2) is 9.71. The number of hydrogen-bond donors (Lipinski definition) is 1. The maximum atomic E-state index is 12.9. The summed E-state index contributed by atoms with van der Waals surface area (Å²) in [6.45, 7) is 8.02. The minimum absolute atomic E-state index is 0.0277. The van der Waals surface area contributed by atoms with E-state index < -0.39 is 9.84 Å². The molecule has 7 nitrogen and oxygen atoms in total. The number of aryl methyl sites for hydroxylation is 1. The Labute approximate surface area is 174 Å². The Balaban J connectivity index is 1.98. The molecule has 0 aliphatic carbocycles. The third-order valence-corrected chi connectivity index (χ3v) is 7.40. The number of carbonyl (C=O) groups is 2. The van der Waals surface area contributed by atoms with Gasteiger partial charge in [-0.25, -0.2) is 8.42 Å². The molecule has 162 valence electrons. The number of nitrogens with zero attached hydrogens (tertiary/aromatic N) is 2. The van der Waals surface area contributed by atoms with Crippen molar-refractivity contribution in [1.82, 2.24) is 9.80 Å². The second-order valence-corrected chi connectivity index (χ2v) is 10.3. The summed E-state index contributed by atoms with van der Waals surface area (Å²) in [6, 6.07) is 5.42. The molecule has 2 amide bonds. The van der Waals surface area contributed by atoms with E-state index in [1.165, 1.54) is 0 Å². The van der Waals surface area contributed by atoms with Gasteiger partial charge in [-0.1, -0.05) is 19.1 Å². The lowest BCUT2D eigenvalue weighted by Gasteiger charge is -2.35. The average Bonchev–Trinajstić information content (AvgIpc) is 2.98. The molecule has 1 saturated heterocycles. The maximum absolute atomic E-state index is 12.9. The first-order valence-electron chi connectivity index (χ1n) is 10.1. The predicted molar refractivity (Wildman–Crippen MR) is 116 cm³/mol. The largest absolute Gasteiger partial charge is 0.335 e. The van der Waals surface area contributed by atoms with Crippen molar-refractivity contribution in [2.75, 3.05) is 37.0 Å². The van der Waals surface area contributed by atoms with E-state index in [4.69, 9.17) is 0 Å². The van der Waals surface area contributed by atoms with Crippen LogP contribution in [0, 0.1) is 13.8 Å². The Bertz CT molecular complexity index is 853. The van der Waals surface area contributed by atoms with Crippen molar-refractivity contribution in [1.29, 1.82) is 0 Å². The molecule has 8 heteroatoms. The molecule has 1 aliphatic rings. The molecule has 0 unspecified atom stereocenters. The quantitative estimate of drug-likeness (QED) is 0.691. The number of amides is 2. The summed E-state index contributed by atoms with van der Waals surface area (Å²) >= 11 is 0. The van der Waals surface area contributed by atoms with Gasteiger partial charge in [0.1, 0.15) is 0 Å². The fraction of sp³-hybridized carbons (Fsp3) is 0.619. The van der Waals surface area contributed by atoms with E-state index in [1.54, 1.807) is 16.8 Å². The lowest BCUT2D eigenvalue weighted by Crippen LogP contribution is -2.50. The van der Waals surface area contributed by atoms with Crippen LogP contribution in [0.5, 0.6) is 0 Å². The van der Waals surface area contributed by atoms with Crippen LogP contribution in [0.3, 0.4) is 0 Å². The van der Waals surface area contributed by atoms with Crippen LogP contribution in [-0.2, 0) is 19.4 Å². The van der Waals surface area contributed by atoms with Crippen LogP contribution >= 0.6 is 0 Å². The highest BCUT2D eigenvalue weighted by molar-refractivity contribution is 7.91. The number of benzene rings is 1. The van der Waals surface area contributed by atoms with E-state index >= 15 is 0 Å². The Hall–Kier alpha value is -1.93. The maximum Gasteiger partial charge on any atom is 0.238 e. The van der Waals surface area contributed by atoms with Crippen molar-refractivity contribution in [2.45, 2.75) is 52.6 Å². The molecule has 1 aromatic rings. The minimum atomic E-state index is -3.08.